The summed E-state index contributed by atoms with van der Waals surface area (Å²) in [4.78, 5) is 23.1. The zero-order chi connectivity index (χ0) is 19.5. The first kappa shape index (κ1) is 19.3. The molecule has 2 aromatic rings. The van der Waals surface area contributed by atoms with Crippen molar-refractivity contribution in [1.82, 2.24) is 0 Å². The molecule has 0 bridgehead atoms. The Morgan fingerprint density at radius 3 is 1.31 bits per heavy atom. The van der Waals surface area contributed by atoms with E-state index in [0.717, 1.165) is 36.4 Å². The van der Waals surface area contributed by atoms with E-state index in [0.29, 0.717) is 12.1 Å². The molecule has 0 heterocycles. The van der Waals surface area contributed by atoms with Crippen molar-refractivity contribution in [1.29, 1.82) is 0 Å². The fraction of sp³-hybridized carbons (Fsp3) is 0.125. The fourth-order valence-electron chi connectivity index (χ4n) is 1.77. The largest absolute Gasteiger partial charge is 0.423 e. The molecule has 0 aliphatic heterocycles. The van der Waals surface area contributed by atoms with E-state index in [1.165, 1.54) is 0 Å². The van der Waals surface area contributed by atoms with Gasteiger partial charge in [0.1, 0.15) is 11.5 Å². The van der Waals surface area contributed by atoms with Crippen LogP contribution in [-0.4, -0.2) is 11.9 Å². The van der Waals surface area contributed by atoms with Crippen LogP contribution in [0, 0.1) is 0 Å². The van der Waals surface area contributed by atoms with Gasteiger partial charge in [-0.25, -0.2) is 9.59 Å². The van der Waals surface area contributed by atoms with Gasteiger partial charge in [0.05, 0.1) is 11.1 Å². The number of ether oxygens (including phenoxy) is 2. The first-order chi connectivity index (χ1) is 12.0. The van der Waals surface area contributed by atoms with Crippen LogP contribution in [0.3, 0.4) is 0 Å². The number of alkyl halides is 6. The van der Waals surface area contributed by atoms with E-state index in [1.807, 2.05) is 0 Å². The minimum atomic E-state index is -4.69. The van der Waals surface area contributed by atoms with Crippen molar-refractivity contribution >= 4 is 11.9 Å². The lowest BCUT2D eigenvalue weighted by molar-refractivity contribution is -0.156. The predicted octanol–water partition coefficient (Wildman–Crippen LogP) is 4.24. The standard InChI is InChI=1S/C16H8F6O4/c17-15(18,19)9-3-1-5-11(7-9)25-13(23)14(24)26-12-6-2-4-10(8-12)16(20,21)22/h1-8H. The molecule has 2 rings (SSSR count). The van der Waals surface area contributed by atoms with Gasteiger partial charge in [0.2, 0.25) is 0 Å². The van der Waals surface area contributed by atoms with Gasteiger partial charge in [0.25, 0.3) is 0 Å². The van der Waals surface area contributed by atoms with Gasteiger partial charge in [-0.2, -0.15) is 26.3 Å². The van der Waals surface area contributed by atoms with Gasteiger partial charge in [-0.15, -0.1) is 0 Å². The van der Waals surface area contributed by atoms with Gasteiger partial charge < -0.3 is 9.47 Å². The van der Waals surface area contributed by atoms with Crippen molar-refractivity contribution in [2.75, 3.05) is 0 Å². The van der Waals surface area contributed by atoms with E-state index < -0.39 is 46.9 Å². The van der Waals surface area contributed by atoms with Crippen LogP contribution in [0.2, 0.25) is 0 Å². The lowest BCUT2D eigenvalue weighted by Crippen LogP contribution is -2.25. The highest BCUT2D eigenvalue weighted by Crippen LogP contribution is 2.32. The van der Waals surface area contributed by atoms with E-state index in [2.05, 4.69) is 9.47 Å². The average Bonchev–Trinajstić information content (AvgIpc) is 2.53. The normalized spacial score (nSPS) is 11.8. The Hall–Kier alpha value is -3.04. The summed E-state index contributed by atoms with van der Waals surface area (Å²) < 4.78 is 84.3. The Labute approximate surface area is 141 Å². The number of carbonyl (C=O) groups is 2. The Kier molecular flexibility index (Phi) is 5.24. The summed E-state index contributed by atoms with van der Waals surface area (Å²) in [6, 6.07) is 6.28. The second-order valence-corrected chi connectivity index (χ2v) is 4.83. The van der Waals surface area contributed by atoms with Crippen molar-refractivity contribution in [2.45, 2.75) is 12.4 Å². The van der Waals surface area contributed by atoms with Crippen LogP contribution < -0.4 is 9.47 Å². The molecule has 0 aromatic heterocycles. The molecule has 0 atom stereocenters. The van der Waals surface area contributed by atoms with Crippen LogP contribution in [0.25, 0.3) is 0 Å². The third-order valence-electron chi connectivity index (χ3n) is 2.91. The number of carbonyl (C=O) groups excluding carboxylic acids is 2. The highest BCUT2D eigenvalue weighted by Gasteiger charge is 2.32. The third kappa shape index (κ3) is 4.98. The summed E-state index contributed by atoms with van der Waals surface area (Å²) in [5.41, 5.74) is -2.23. The third-order valence-corrected chi connectivity index (χ3v) is 2.91. The van der Waals surface area contributed by atoms with Crippen molar-refractivity contribution in [3.8, 4) is 11.5 Å². The Morgan fingerprint density at radius 1 is 0.654 bits per heavy atom. The number of esters is 2. The molecular weight excluding hydrogens is 370 g/mol. The minimum absolute atomic E-state index is 0.482. The lowest BCUT2D eigenvalue weighted by atomic mass is 10.2. The molecule has 0 aliphatic rings. The first-order valence-electron chi connectivity index (χ1n) is 6.75. The number of benzene rings is 2. The average molecular weight is 378 g/mol. The quantitative estimate of drug-likeness (QED) is 0.340. The van der Waals surface area contributed by atoms with E-state index in [1.54, 1.807) is 0 Å². The molecule has 2 aromatic carbocycles. The smallest absolute Gasteiger partial charge is 0.418 e. The maximum Gasteiger partial charge on any atom is 0.423 e. The summed E-state index contributed by atoms with van der Waals surface area (Å²) >= 11 is 0. The van der Waals surface area contributed by atoms with Gasteiger partial charge in [0.15, 0.2) is 0 Å². The lowest BCUT2D eigenvalue weighted by Gasteiger charge is -2.10. The Balaban J connectivity index is 2.08. The zero-order valence-electron chi connectivity index (χ0n) is 12.5. The van der Waals surface area contributed by atoms with Crippen LogP contribution in [0.1, 0.15) is 11.1 Å². The van der Waals surface area contributed by atoms with Gasteiger partial charge in [0, 0.05) is 0 Å². The maximum absolute atomic E-state index is 12.6. The summed E-state index contributed by atoms with van der Waals surface area (Å²) in [6.07, 6.45) is -9.39. The van der Waals surface area contributed by atoms with E-state index >= 15 is 0 Å². The van der Waals surface area contributed by atoms with Crippen LogP contribution in [0.15, 0.2) is 48.5 Å². The van der Waals surface area contributed by atoms with Crippen molar-refractivity contribution < 1.29 is 45.4 Å². The number of hydrogen-bond acceptors (Lipinski definition) is 4. The minimum Gasteiger partial charge on any atom is -0.418 e. The summed E-state index contributed by atoms with van der Waals surface area (Å²) in [7, 11) is 0. The SMILES string of the molecule is O=C(Oc1cccc(C(F)(F)F)c1)C(=O)Oc1cccc(C(F)(F)F)c1. The molecule has 26 heavy (non-hydrogen) atoms. The van der Waals surface area contributed by atoms with Gasteiger partial charge >= 0.3 is 24.3 Å². The van der Waals surface area contributed by atoms with Crippen LogP contribution in [0.5, 0.6) is 11.5 Å². The molecule has 10 heteroatoms. The molecule has 0 aliphatic carbocycles. The van der Waals surface area contributed by atoms with Crippen LogP contribution in [0.4, 0.5) is 26.3 Å². The first-order valence-corrected chi connectivity index (χ1v) is 6.75. The second kappa shape index (κ2) is 7.06. The highest BCUT2D eigenvalue weighted by atomic mass is 19.4. The molecule has 0 fully saturated rings. The molecule has 4 nitrogen and oxygen atoms in total. The molecule has 138 valence electrons. The molecule has 0 radical (unpaired) electrons. The second-order valence-electron chi connectivity index (χ2n) is 4.83. The molecule has 0 saturated carbocycles. The van der Waals surface area contributed by atoms with Crippen molar-refractivity contribution in [3.05, 3.63) is 59.7 Å². The summed E-state index contributed by atoms with van der Waals surface area (Å²) in [6.45, 7) is 0. The predicted molar refractivity (Wildman–Crippen MR) is 74.2 cm³/mol. The van der Waals surface area contributed by atoms with Crippen LogP contribution in [-0.2, 0) is 21.9 Å². The van der Waals surface area contributed by atoms with Crippen molar-refractivity contribution in [2.24, 2.45) is 0 Å². The Morgan fingerprint density at radius 2 is 1.00 bits per heavy atom. The van der Waals surface area contributed by atoms with E-state index in [-0.39, 0.29) is 0 Å². The molecule has 0 saturated heterocycles. The van der Waals surface area contributed by atoms with E-state index in [9.17, 15) is 35.9 Å². The maximum atomic E-state index is 12.6. The molecule has 0 spiro atoms. The Bertz CT molecular complexity index is 756. The van der Waals surface area contributed by atoms with E-state index in [4.69, 9.17) is 0 Å². The van der Waals surface area contributed by atoms with Crippen molar-refractivity contribution in [3.63, 3.8) is 0 Å². The van der Waals surface area contributed by atoms with Crippen LogP contribution >= 0.6 is 0 Å². The highest BCUT2D eigenvalue weighted by molar-refractivity contribution is 6.31. The number of rotatable bonds is 2. The summed E-state index contributed by atoms with van der Waals surface area (Å²) in [5, 5.41) is 0. The fourth-order valence-corrected chi connectivity index (χ4v) is 1.77. The number of halogens is 6. The zero-order valence-corrected chi connectivity index (χ0v) is 12.5. The monoisotopic (exact) mass is 378 g/mol. The molecule has 0 amide bonds. The van der Waals surface area contributed by atoms with Gasteiger partial charge in [-0.05, 0) is 36.4 Å². The molecule has 0 unspecified atom stereocenters. The van der Waals surface area contributed by atoms with Gasteiger partial charge in [-0.3, -0.25) is 0 Å². The van der Waals surface area contributed by atoms with Gasteiger partial charge in [-0.1, -0.05) is 12.1 Å². The molecule has 0 N–H and O–H groups in total. The number of hydrogen-bond donors (Lipinski definition) is 0. The topological polar surface area (TPSA) is 52.6 Å². The summed E-state index contributed by atoms with van der Waals surface area (Å²) in [5.74, 6) is -4.54. The molecular formula is C16H8F6O4.